The van der Waals surface area contributed by atoms with Gasteiger partial charge in [0.05, 0.1) is 6.04 Å². The molecule has 0 aliphatic carbocycles. The van der Waals surface area contributed by atoms with Crippen LogP contribution in [0.15, 0.2) is 54.6 Å². The highest BCUT2D eigenvalue weighted by atomic mass is 35.5. The maximum absolute atomic E-state index is 12.4. The molecule has 0 unspecified atom stereocenters. The van der Waals surface area contributed by atoms with Crippen LogP contribution in [-0.4, -0.2) is 12.0 Å². The van der Waals surface area contributed by atoms with Gasteiger partial charge in [-0.25, -0.2) is 0 Å². The van der Waals surface area contributed by atoms with Crippen LogP contribution in [0.4, 0.5) is 0 Å². The zero-order valence-electron chi connectivity index (χ0n) is 12.8. The molecule has 1 N–H and O–H groups in total. The summed E-state index contributed by atoms with van der Waals surface area (Å²) in [6.45, 7) is 3.88. The third-order valence-electron chi connectivity index (χ3n) is 3.41. The molecule has 2 aromatic rings. The van der Waals surface area contributed by atoms with E-state index in [-0.39, 0.29) is 11.9 Å². The summed E-state index contributed by atoms with van der Waals surface area (Å²) in [6.07, 6.45) is 0.0722. The minimum absolute atomic E-state index is 0.0587. The maximum atomic E-state index is 12.4. The van der Waals surface area contributed by atoms with E-state index in [9.17, 15) is 4.79 Å². The number of rotatable bonds is 6. The summed E-state index contributed by atoms with van der Waals surface area (Å²) in [6, 6.07) is 16.8. The fraction of sp³-hybridized carbons (Fsp3) is 0.278. The molecule has 2 atom stereocenters. The molecular weight excluding hydrogens is 298 g/mol. The Balaban J connectivity index is 1.98. The van der Waals surface area contributed by atoms with Crippen LogP contribution in [0.1, 0.15) is 31.9 Å². The van der Waals surface area contributed by atoms with Gasteiger partial charge in [0.1, 0.15) is 5.75 Å². The molecule has 3 nitrogen and oxygen atoms in total. The van der Waals surface area contributed by atoms with E-state index in [0.717, 1.165) is 5.56 Å². The molecule has 2 aromatic carbocycles. The number of hydrogen-bond donors (Lipinski definition) is 1. The lowest BCUT2D eigenvalue weighted by atomic mass is 10.1. The number of carbonyl (C=O) groups is 1. The van der Waals surface area contributed by atoms with Crippen LogP contribution in [0.3, 0.4) is 0 Å². The second kappa shape index (κ2) is 7.85. The molecule has 2 rings (SSSR count). The van der Waals surface area contributed by atoms with Gasteiger partial charge in [0, 0.05) is 5.02 Å². The molecule has 4 heteroatoms. The van der Waals surface area contributed by atoms with Gasteiger partial charge >= 0.3 is 0 Å². The van der Waals surface area contributed by atoms with E-state index >= 15 is 0 Å². The molecule has 0 aromatic heterocycles. The number of hydrogen-bond acceptors (Lipinski definition) is 2. The van der Waals surface area contributed by atoms with E-state index in [1.54, 1.807) is 24.3 Å². The van der Waals surface area contributed by atoms with E-state index in [0.29, 0.717) is 17.2 Å². The molecule has 0 spiro atoms. The van der Waals surface area contributed by atoms with Gasteiger partial charge in [-0.15, -0.1) is 0 Å². The van der Waals surface area contributed by atoms with E-state index in [1.165, 1.54) is 0 Å². The van der Waals surface area contributed by atoms with Crippen LogP contribution in [-0.2, 0) is 4.79 Å². The number of benzene rings is 2. The van der Waals surface area contributed by atoms with Crippen molar-refractivity contribution in [3.8, 4) is 5.75 Å². The minimum atomic E-state index is -0.521. The Hall–Kier alpha value is -2.00. The lowest BCUT2D eigenvalue weighted by Crippen LogP contribution is -2.39. The Kier molecular flexibility index (Phi) is 5.84. The zero-order chi connectivity index (χ0) is 15.9. The predicted molar refractivity (Wildman–Crippen MR) is 89.2 cm³/mol. The summed E-state index contributed by atoms with van der Waals surface area (Å²) in [5.74, 6) is 0.521. The monoisotopic (exact) mass is 317 g/mol. The highest BCUT2D eigenvalue weighted by Crippen LogP contribution is 2.18. The third kappa shape index (κ3) is 4.50. The molecule has 0 saturated heterocycles. The lowest BCUT2D eigenvalue weighted by molar-refractivity contribution is -0.128. The maximum Gasteiger partial charge on any atom is 0.261 e. The van der Waals surface area contributed by atoms with Crippen molar-refractivity contribution in [1.82, 2.24) is 5.32 Å². The van der Waals surface area contributed by atoms with Gasteiger partial charge in [0.2, 0.25) is 0 Å². The SMILES string of the molecule is CC[C@H](Oc1ccc(Cl)cc1)C(=O)N[C@@H](C)c1ccccc1. The standard InChI is InChI=1S/C18H20ClNO2/c1-3-17(22-16-11-9-15(19)10-12-16)18(21)20-13(2)14-7-5-4-6-8-14/h4-13,17H,3H2,1-2H3,(H,20,21)/t13-,17-/m0/s1. The van der Waals surface area contributed by atoms with Crippen LogP contribution >= 0.6 is 11.6 Å². The topological polar surface area (TPSA) is 38.3 Å². The largest absolute Gasteiger partial charge is 0.481 e. The lowest BCUT2D eigenvalue weighted by Gasteiger charge is -2.20. The van der Waals surface area contributed by atoms with Crippen molar-refractivity contribution in [2.45, 2.75) is 32.4 Å². The summed E-state index contributed by atoms with van der Waals surface area (Å²) in [4.78, 5) is 12.4. The first-order valence-corrected chi connectivity index (χ1v) is 7.75. The molecule has 0 radical (unpaired) electrons. The summed E-state index contributed by atoms with van der Waals surface area (Å²) in [5.41, 5.74) is 1.07. The van der Waals surface area contributed by atoms with Crippen molar-refractivity contribution in [2.24, 2.45) is 0 Å². The van der Waals surface area contributed by atoms with Crippen LogP contribution in [0.2, 0.25) is 5.02 Å². The van der Waals surface area contributed by atoms with Gasteiger partial charge in [-0.1, -0.05) is 48.9 Å². The molecule has 0 aliphatic rings. The van der Waals surface area contributed by atoms with Crippen LogP contribution in [0.25, 0.3) is 0 Å². The van der Waals surface area contributed by atoms with Gasteiger partial charge in [-0.05, 0) is 43.2 Å². The number of nitrogens with one attached hydrogen (secondary N) is 1. The van der Waals surface area contributed by atoms with Crippen molar-refractivity contribution in [2.75, 3.05) is 0 Å². The van der Waals surface area contributed by atoms with E-state index in [2.05, 4.69) is 5.32 Å². The number of halogens is 1. The Bertz CT molecular complexity index is 598. The van der Waals surface area contributed by atoms with Crippen LogP contribution < -0.4 is 10.1 Å². The van der Waals surface area contributed by atoms with Gasteiger partial charge in [-0.3, -0.25) is 4.79 Å². The average Bonchev–Trinajstić information content (AvgIpc) is 2.55. The summed E-state index contributed by atoms with van der Waals surface area (Å²) in [7, 11) is 0. The number of ether oxygens (including phenoxy) is 1. The normalized spacial score (nSPS) is 13.2. The number of amides is 1. The highest BCUT2D eigenvalue weighted by Gasteiger charge is 2.20. The van der Waals surface area contributed by atoms with E-state index in [4.69, 9.17) is 16.3 Å². The summed E-state index contributed by atoms with van der Waals surface area (Å²) in [5, 5.41) is 3.63. The molecule has 0 saturated carbocycles. The molecule has 0 fully saturated rings. The fourth-order valence-electron chi connectivity index (χ4n) is 2.13. The zero-order valence-corrected chi connectivity index (χ0v) is 13.5. The molecular formula is C18H20ClNO2. The predicted octanol–water partition coefficient (Wildman–Crippen LogP) is 4.37. The van der Waals surface area contributed by atoms with Crippen LogP contribution in [0.5, 0.6) is 5.75 Å². The van der Waals surface area contributed by atoms with Crippen molar-refractivity contribution in [3.05, 3.63) is 65.2 Å². The minimum Gasteiger partial charge on any atom is -0.481 e. The molecule has 116 valence electrons. The van der Waals surface area contributed by atoms with Crippen molar-refractivity contribution >= 4 is 17.5 Å². The van der Waals surface area contributed by atoms with Crippen molar-refractivity contribution < 1.29 is 9.53 Å². The fourth-order valence-corrected chi connectivity index (χ4v) is 2.26. The Labute approximate surface area is 136 Å². The highest BCUT2D eigenvalue weighted by molar-refractivity contribution is 6.30. The number of carbonyl (C=O) groups excluding carboxylic acids is 1. The van der Waals surface area contributed by atoms with Crippen molar-refractivity contribution in [3.63, 3.8) is 0 Å². The van der Waals surface area contributed by atoms with E-state index in [1.807, 2.05) is 44.2 Å². The first-order chi connectivity index (χ1) is 10.6. The van der Waals surface area contributed by atoms with Gasteiger partial charge in [0.25, 0.3) is 5.91 Å². The Morgan fingerprint density at radius 3 is 2.36 bits per heavy atom. The van der Waals surface area contributed by atoms with Gasteiger partial charge in [-0.2, -0.15) is 0 Å². The van der Waals surface area contributed by atoms with Gasteiger partial charge in [0.15, 0.2) is 6.10 Å². The smallest absolute Gasteiger partial charge is 0.261 e. The molecule has 0 heterocycles. The summed E-state index contributed by atoms with van der Waals surface area (Å²) < 4.78 is 5.75. The second-order valence-corrected chi connectivity index (χ2v) is 5.55. The third-order valence-corrected chi connectivity index (χ3v) is 3.67. The van der Waals surface area contributed by atoms with E-state index < -0.39 is 6.10 Å². The Morgan fingerprint density at radius 2 is 1.77 bits per heavy atom. The van der Waals surface area contributed by atoms with Gasteiger partial charge < -0.3 is 10.1 Å². The quantitative estimate of drug-likeness (QED) is 0.859. The molecule has 0 bridgehead atoms. The van der Waals surface area contributed by atoms with Crippen LogP contribution in [0, 0.1) is 0 Å². The first kappa shape index (κ1) is 16.4. The van der Waals surface area contributed by atoms with Crippen molar-refractivity contribution in [1.29, 1.82) is 0 Å². The summed E-state index contributed by atoms with van der Waals surface area (Å²) >= 11 is 5.85. The average molecular weight is 318 g/mol. The molecule has 0 aliphatic heterocycles. The first-order valence-electron chi connectivity index (χ1n) is 7.37. The molecule has 1 amide bonds. The Morgan fingerprint density at radius 1 is 1.14 bits per heavy atom. The second-order valence-electron chi connectivity index (χ2n) is 5.11. The molecule has 22 heavy (non-hydrogen) atoms.